The molecule has 0 spiro atoms. The second-order valence-corrected chi connectivity index (χ2v) is 5.15. The number of para-hydroxylation sites is 1. The molecule has 94 valence electrons. The number of aromatic nitrogens is 1. The maximum Gasteiger partial charge on any atom is 0.0726 e. The number of piperidine rings is 1. The average molecular weight is 241 g/mol. The van der Waals surface area contributed by atoms with Crippen molar-refractivity contribution >= 4 is 16.6 Å². The normalized spacial score (nSPS) is 20.3. The highest BCUT2D eigenvalue weighted by Gasteiger charge is 2.19. The van der Waals surface area contributed by atoms with Gasteiger partial charge in [0.2, 0.25) is 0 Å². The number of nitrogens with zero attached hydrogens (tertiary/aromatic N) is 2. The smallest absolute Gasteiger partial charge is 0.0726 e. The maximum absolute atomic E-state index is 6.09. The first-order valence-corrected chi connectivity index (χ1v) is 6.61. The maximum atomic E-state index is 6.09. The van der Waals surface area contributed by atoms with Gasteiger partial charge in [-0.2, -0.15) is 0 Å². The molecule has 0 saturated carbocycles. The van der Waals surface area contributed by atoms with E-state index in [0.717, 1.165) is 30.7 Å². The summed E-state index contributed by atoms with van der Waals surface area (Å²) in [5.74, 6) is 0. The van der Waals surface area contributed by atoms with Crippen molar-refractivity contribution in [1.82, 2.24) is 4.98 Å². The Bertz CT molecular complexity index is 565. The van der Waals surface area contributed by atoms with E-state index in [4.69, 9.17) is 5.73 Å². The van der Waals surface area contributed by atoms with Crippen molar-refractivity contribution in [3.63, 3.8) is 0 Å². The number of aryl methyl sites for hydroxylation is 1. The quantitative estimate of drug-likeness (QED) is 0.834. The Balaban J connectivity index is 2.09. The molecular weight excluding hydrogens is 222 g/mol. The summed E-state index contributed by atoms with van der Waals surface area (Å²) in [6.07, 6.45) is 2.31. The molecule has 0 amide bonds. The van der Waals surface area contributed by atoms with E-state index >= 15 is 0 Å². The van der Waals surface area contributed by atoms with E-state index in [9.17, 15) is 0 Å². The molecule has 2 N–H and O–H groups in total. The number of anilines is 1. The zero-order valence-corrected chi connectivity index (χ0v) is 10.8. The molecule has 18 heavy (non-hydrogen) atoms. The number of pyridine rings is 1. The lowest BCUT2D eigenvalue weighted by Crippen LogP contribution is -2.42. The topological polar surface area (TPSA) is 42.1 Å². The summed E-state index contributed by atoms with van der Waals surface area (Å²) in [5.41, 5.74) is 9.52. The molecule has 1 fully saturated rings. The highest BCUT2D eigenvalue weighted by molar-refractivity contribution is 5.92. The summed E-state index contributed by atoms with van der Waals surface area (Å²) in [5, 5.41) is 1.23. The molecule has 0 radical (unpaired) electrons. The fraction of sp³-hybridized carbons (Fsp3) is 0.400. The number of fused-ring (bicyclic) bond motifs is 1. The van der Waals surface area contributed by atoms with E-state index in [0.29, 0.717) is 6.04 Å². The van der Waals surface area contributed by atoms with Crippen LogP contribution >= 0.6 is 0 Å². The zero-order valence-electron chi connectivity index (χ0n) is 10.8. The van der Waals surface area contributed by atoms with Gasteiger partial charge in [-0.15, -0.1) is 0 Å². The third-order valence-corrected chi connectivity index (χ3v) is 3.62. The summed E-state index contributed by atoms with van der Waals surface area (Å²) < 4.78 is 0. The van der Waals surface area contributed by atoms with Gasteiger partial charge in [0.05, 0.1) is 5.52 Å². The summed E-state index contributed by atoms with van der Waals surface area (Å²) in [4.78, 5) is 7.00. The predicted octanol–water partition coefficient (Wildman–Crippen LogP) is 2.47. The van der Waals surface area contributed by atoms with E-state index in [-0.39, 0.29) is 0 Å². The van der Waals surface area contributed by atoms with Crippen molar-refractivity contribution in [2.45, 2.75) is 25.8 Å². The molecular formula is C15H19N3. The molecule has 1 saturated heterocycles. The van der Waals surface area contributed by atoms with Crippen LogP contribution < -0.4 is 10.6 Å². The fourth-order valence-corrected chi connectivity index (χ4v) is 2.78. The lowest BCUT2D eigenvalue weighted by atomic mass is 10.0. The Labute approximate surface area is 108 Å². The van der Waals surface area contributed by atoms with Crippen molar-refractivity contribution in [1.29, 1.82) is 0 Å². The van der Waals surface area contributed by atoms with Crippen LogP contribution in [0.1, 0.15) is 18.5 Å². The molecule has 2 aromatic rings. The van der Waals surface area contributed by atoms with E-state index in [1.165, 1.54) is 17.5 Å². The minimum atomic E-state index is 0.297. The van der Waals surface area contributed by atoms with Gasteiger partial charge in [0.15, 0.2) is 0 Å². The fourth-order valence-electron chi connectivity index (χ4n) is 2.78. The van der Waals surface area contributed by atoms with Crippen LogP contribution in [0.3, 0.4) is 0 Å². The molecule has 1 aromatic carbocycles. The monoisotopic (exact) mass is 241 g/mol. The highest BCUT2D eigenvalue weighted by Crippen LogP contribution is 2.28. The van der Waals surface area contributed by atoms with Crippen molar-refractivity contribution in [3.8, 4) is 0 Å². The summed E-state index contributed by atoms with van der Waals surface area (Å²) >= 11 is 0. The molecule has 3 rings (SSSR count). The summed E-state index contributed by atoms with van der Waals surface area (Å²) in [6.45, 7) is 4.11. The second-order valence-electron chi connectivity index (χ2n) is 5.15. The van der Waals surface area contributed by atoms with Gasteiger partial charge in [0, 0.05) is 35.9 Å². The van der Waals surface area contributed by atoms with Crippen LogP contribution in [0.4, 0.5) is 5.69 Å². The van der Waals surface area contributed by atoms with Gasteiger partial charge in [0.25, 0.3) is 0 Å². The average Bonchev–Trinajstić information content (AvgIpc) is 2.37. The molecule has 3 nitrogen and oxygen atoms in total. The van der Waals surface area contributed by atoms with Crippen LogP contribution in [0.2, 0.25) is 0 Å². The molecule has 0 aliphatic carbocycles. The molecule has 1 aliphatic rings. The largest absolute Gasteiger partial charge is 0.369 e. The van der Waals surface area contributed by atoms with Gasteiger partial charge in [-0.25, -0.2) is 0 Å². The number of rotatable bonds is 1. The third kappa shape index (κ3) is 2.06. The first kappa shape index (κ1) is 11.5. The molecule has 1 aromatic heterocycles. The minimum Gasteiger partial charge on any atom is -0.369 e. The number of nitrogens with two attached hydrogens (primary N) is 1. The van der Waals surface area contributed by atoms with Gasteiger partial charge in [-0.3, -0.25) is 4.98 Å². The lowest BCUT2D eigenvalue weighted by Gasteiger charge is -2.33. The van der Waals surface area contributed by atoms with E-state index in [1.807, 2.05) is 6.07 Å². The van der Waals surface area contributed by atoms with Gasteiger partial charge >= 0.3 is 0 Å². The lowest BCUT2D eigenvalue weighted by molar-refractivity contribution is 0.507. The van der Waals surface area contributed by atoms with Crippen molar-refractivity contribution in [2.75, 3.05) is 18.0 Å². The van der Waals surface area contributed by atoms with Crippen molar-refractivity contribution in [2.24, 2.45) is 5.73 Å². The van der Waals surface area contributed by atoms with Crippen molar-refractivity contribution in [3.05, 3.63) is 36.0 Å². The van der Waals surface area contributed by atoms with Crippen LogP contribution in [-0.4, -0.2) is 24.1 Å². The summed E-state index contributed by atoms with van der Waals surface area (Å²) in [7, 11) is 0. The van der Waals surface area contributed by atoms with Crippen LogP contribution in [0.15, 0.2) is 30.3 Å². The third-order valence-electron chi connectivity index (χ3n) is 3.62. The zero-order chi connectivity index (χ0) is 12.5. The molecule has 1 aliphatic heterocycles. The Hall–Kier alpha value is -1.61. The van der Waals surface area contributed by atoms with Gasteiger partial charge < -0.3 is 10.6 Å². The van der Waals surface area contributed by atoms with Gasteiger partial charge in [-0.05, 0) is 31.9 Å². The summed E-state index contributed by atoms with van der Waals surface area (Å²) in [6, 6.07) is 10.8. The van der Waals surface area contributed by atoms with Crippen molar-refractivity contribution < 1.29 is 0 Å². The minimum absolute atomic E-state index is 0.297. The SMILES string of the molecule is Cc1cc(N2CCCC(N)C2)c2ccccc2n1. The van der Waals surface area contributed by atoms with Crippen LogP contribution in [-0.2, 0) is 0 Å². The van der Waals surface area contributed by atoms with E-state index < -0.39 is 0 Å². The first-order valence-electron chi connectivity index (χ1n) is 6.61. The molecule has 2 heterocycles. The molecule has 1 atom stereocenters. The van der Waals surface area contributed by atoms with Gasteiger partial charge in [0.1, 0.15) is 0 Å². The first-order chi connectivity index (χ1) is 8.74. The Kier molecular flexibility index (Phi) is 2.92. The predicted molar refractivity (Wildman–Crippen MR) is 75.9 cm³/mol. The van der Waals surface area contributed by atoms with E-state index in [1.54, 1.807) is 0 Å². The second kappa shape index (κ2) is 4.58. The van der Waals surface area contributed by atoms with Crippen LogP contribution in [0, 0.1) is 6.92 Å². The Morgan fingerprint density at radius 3 is 3.00 bits per heavy atom. The van der Waals surface area contributed by atoms with Crippen LogP contribution in [0.5, 0.6) is 0 Å². The Morgan fingerprint density at radius 2 is 2.17 bits per heavy atom. The molecule has 1 unspecified atom stereocenters. The standard InChI is InChI=1S/C15H19N3/c1-11-9-15(18-8-4-5-12(16)10-18)13-6-2-3-7-14(13)17-11/h2-3,6-7,9,12H,4-5,8,10,16H2,1H3. The van der Waals surface area contributed by atoms with Gasteiger partial charge in [-0.1, -0.05) is 18.2 Å². The van der Waals surface area contributed by atoms with E-state index in [2.05, 4.69) is 41.1 Å². The number of hydrogen-bond donors (Lipinski definition) is 1. The molecule has 0 bridgehead atoms. The van der Waals surface area contributed by atoms with Crippen LogP contribution in [0.25, 0.3) is 10.9 Å². The highest BCUT2D eigenvalue weighted by atomic mass is 15.2. The number of benzene rings is 1. The number of hydrogen-bond acceptors (Lipinski definition) is 3. The Morgan fingerprint density at radius 1 is 1.33 bits per heavy atom. The molecule has 3 heteroatoms.